The van der Waals surface area contributed by atoms with Crippen LogP contribution in [0.1, 0.15) is 90.9 Å². The van der Waals surface area contributed by atoms with Gasteiger partial charge in [0.05, 0.1) is 12.0 Å². The van der Waals surface area contributed by atoms with Gasteiger partial charge in [0.15, 0.2) is 0 Å². The molecule has 0 aromatic rings. The molecule has 3 saturated carbocycles. The molecule has 3 rings (SSSR count). The number of carbonyl (C=O) groups is 1. The molecular formula is C24H40O3. The van der Waals surface area contributed by atoms with E-state index in [9.17, 15) is 4.79 Å². The maximum absolute atomic E-state index is 12.1. The highest BCUT2D eigenvalue weighted by molar-refractivity contribution is 5.72. The van der Waals surface area contributed by atoms with Gasteiger partial charge in [-0.1, -0.05) is 13.8 Å². The van der Waals surface area contributed by atoms with E-state index in [1.807, 2.05) is 0 Å². The second kappa shape index (κ2) is 11.7. The van der Waals surface area contributed by atoms with Crippen LogP contribution in [-0.4, -0.2) is 25.3 Å². The summed E-state index contributed by atoms with van der Waals surface area (Å²) in [4.78, 5) is 12.1. The molecule has 0 N–H and O–H groups in total. The summed E-state index contributed by atoms with van der Waals surface area (Å²) in [6.07, 6.45) is 19.4. The van der Waals surface area contributed by atoms with Crippen molar-refractivity contribution in [3.05, 3.63) is 0 Å². The predicted octanol–water partition coefficient (Wildman–Crippen LogP) is 5.76. The first-order chi connectivity index (χ1) is 13.0. The molecule has 3 aliphatic rings. The topological polar surface area (TPSA) is 35.5 Å². The van der Waals surface area contributed by atoms with Gasteiger partial charge in [-0.25, -0.2) is 0 Å². The van der Waals surface area contributed by atoms with Crippen molar-refractivity contribution in [3.8, 4) is 12.3 Å². The summed E-state index contributed by atoms with van der Waals surface area (Å²) in [6.45, 7) is 4.59. The van der Waals surface area contributed by atoms with Gasteiger partial charge in [-0.3, -0.25) is 4.79 Å². The fourth-order valence-corrected chi connectivity index (χ4v) is 4.57. The number of esters is 1. The van der Waals surface area contributed by atoms with Gasteiger partial charge in [0, 0.05) is 13.0 Å². The summed E-state index contributed by atoms with van der Waals surface area (Å²) in [5.74, 6) is 5.32. The quantitative estimate of drug-likeness (QED) is 0.464. The highest BCUT2D eigenvalue weighted by Crippen LogP contribution is 2.30. The van der Waals surface area contributed by atoms with Crippen LogP contribution in [0.2, 0.25) is 0 Å². The van der Waals surface area contributed by atoms with Crippen molar-refractivity contribution in [2.24, 2.45) is 23.7 Å². The molecule has 0 atom stereocenters. The molecule has 0 aromatic heterocycles. The van der Waals surface area contributed by atoms with Crippen LogP contribution in [0.25, 0.3) is 0 Å². The van der Waals surface area contributed by atoms with Crippen molar-refractivity contribution in [3.63, 3.8) is 0 Å². The molecule has 3 heteroatoms. The average Bonchev–Trinajstić information content (AvgIpc) is 2.71. The molecule has 154 valence electrons. The molecule has 27 heavy (non-hydrogen) atoms. The minimum atomic E-state index is 0.0455. The summed E-state index contributed by atoms with van der Waals surface area (Å²) in [5.41, 5.74) is 0. The zero-order valence-electron chi connectivity index (χ0n) is 17.8. The third-order valence-electron chi connectivity index (χ3n) is 6.84. The van der Waals surface area contributed by atoms with Gasteiger partial charge in [0.2, 0.25) is 0 Å². The van der Waals surface area contributed by atoms with E-state index in [2.05, 4.69) is 19.8 Å². The van der Waals surface area contributed by atoms with Crippen LogP contribution >= 0.6 is 0 Å². The van der Waals surface area contributed by atoms with E-state index >= 15 is 0 Å². The van der Waals surface area contributed by atoms with Crippen LogP contribution in [0, 0.1) is 36.0 Å². The lowest BCUT2D eigenvalue weighted by molar-refractivity contribution is -0.157. The molecule has 3 aliphatic carbocycles. The predicted molar refractivity (Wildman–Crippen MR) is 110 cm³/mol. The minimum absolute atomic E-state index is 0.0455. The van der Waals surface area contributed by atoms with Crippen molar-refractivity contribution < 1.29 is 14.3 Å². The van der Waals surface area contributed by atoms with E-state index in [1.165, 1.54) is 38.5 Å². The van der Waals surface area contributed by atoms with Gasteiger partial charge >= 0.3 is 5.97 Å². The Kier molecular flexibility index (Phi) is 9.69. The molecule has 3 nitrogen and oxygen atoms in total. The molecule has 0 amide bonds. The first kappa shape index (κ1) is 22.3. The molecule has 0 unspecified atom stereocenters. The zero-order chi connectivity index (χ0) is 19.6. The Hall–Kier alpha value is -1.01. The van der Waals surface area contributed by atoms with E-state index in [0.29, 0.717) is 12.0 Å². The Labute approximate surface area is 167 Å². The number of hydrogen-bond acceptors (Lipinski definition) is 3. The summed E-state index contributed by atoms with van der Waals surface area (Å²) in [7, 11) is 1.76. The largest absolute Gasteiger partial charge is 0.462 e. The molecular weight excluding hydrogens is 336 g/mol. The normalized spacial score (nSPS) is 36.7. The van der Waals surface area contributed by atoms with Crippen molar-refractivity contribution in [2.75, 3.05) is 7.11 Å². The van der Waals surface area contributed by atoms with E-state index in [0.717, 1.165) is 50.4 Å². The van der Waals surface area contributed by atoms with Crippen molar-refractivity contribution in [2.45, 2.75) is 103 Å². The smallest absolute Gasteiger partial charge is 0.309 e. The maximum atomic E-state index is 12.1. The average molecular weight is 377 g/mol. The number of methoxy groups -OCH3 is 1. The third kappa shape index (κ3) is 7.86. The van der Waals surface area contributed by atoms with Crippen LogP contribution in [0.4, 0.5) is 0 Å². The molecule has 0 aliphatic heterocycles. The second-order valence-electron chi connectivity index (χ2n) is 9.15. The summed E-state index contributed by atoms with van der Waals surface area (Å²) in [5, 5.41) is 0. The van der Waals surface area contributed by atoms with Crippen LogP contribution in [0.3, 0.4) is 0 Å². The molecule has 0 spiro atoms. The first-order valence-corrected chi connectivity index (χ1v) is 11.2. The van der Waals surface area contributed by atoms with Gasteiger partial charge in [-0.15, -0.1) is 12.3 Å². The van der Waals surface area contributed by atoms with Crippen LogP contribution in [0.5, 0.6) is 0 Å². The van der Waals surface area contributed by atoms with Gasteiger partial charge < -0.3 is 9.47 Å². The second-order valence-corrected chi connectivity index (χ2v) is 9.15. The molecule has 0 heterocycles. The van der Waals surface area contributed by atoms with Gasteiger partial charge in [0.1, 0.15) is 6.10 Å². The summed E-state index contributed by atoms with van der Waals surface area (Å²) in [6, 6.07) is 0. The standard InChI is InChI=1S/C15H26O3.C9H14/c1-11-3-7-14(8-4-11)18-15(16)12-5-9-13(17-2)10-6-12;1-3-9-6-4-8(2)5-7-9/h11-14H,3-10H2,1-2H3;1,8-9H,4-7H2,2H3. The Morgan fingerprint density at radius 3 is 1.74 bits per heavy atom. The van der Waals surface area contributed by atoms with E-state index < -0.39 is 0 Å². The Balaban J connectivity index is 0.000000244. The third-order valence-corrected chi connectivity index (χ3v) is 6.84. The Bertz CT molecular complexity index is 457. The van der Waals surface area contributed by atoms with Gasteiger partial charge in [0.25, 0.3) is 0 Å². The fourth-order valence-electron chi connectivity index (χ4n) is 4.57. The minimum Gasteiger partial charge on any atom is -0.462 e. The zero-order valence-corrected chi connectivity index (χ0v) is 17.8. The number of ether oxygens (including phenoxy) is 2. The molecule has 3 fully saturated rings. The number of carbonyl (C=O) groups excluding carboxylic acids is 1. The number of hydrogen-bond donors (Lipinski definition) is 0. The van der Waals surface area contributed by atoms with Crippen LogP contribution < -0.4 is 0 Å². The van der Waals surface area contributed by atoms with E-state index in [1.54, 1.807) is 7.11 Å². The maximum Gasteiger partial charge on any atom is 0.309 e. The summed E-state index contributed by atoms with van der Waals surface area (Å²) >= 11 is 0. The summed E-state index contributed by atoms with van der Waals surface area (Å²) < 4.78 is 11.0. The molecule has 0 radical (unpaired) electrons. The molecule has 0 saturated heterocycles. The first-order valence-electron chi connectivity index (χ1n) is 11.2. The van der Waals surface area contributed by atoms with Crippen molar-refractivity contribution in [1.82, 2.24) is 0 Å². The van der Waals surface area contributed by atoms with Gasteiger partial charge in [-0.05, 0) is 88.9 Å². The van der Waals surface area contributed by atoms with Crippen molar-refractivity contribution in [1.29, 1.82) is 0 Å². The lowest BCUT2D eigenvalue weighted by atomic mass is 9.84. The Morgan fingerprint density at radius 2 is 1.26 bits per heavy atom. The van der Waals surface area contributed by atoms with E-state index in [4.69, 9.17) is 15.9 Å². The molecule has 0 aromatic carbocycles. The highest BCUT2D eigenvalue weighted by Gasteiger charge is 2.30. The monoisotopic (exact) mass is 376 g/mol. The van der Waals surface area contributed by atoms with Crippen LogP contribution in [-0.2, 0) is 14.3 Å². The van der Waals surface area contributed by atoms with Crippen molar-refractivity contribution >= 4 is 5.97 Å². The number of terminal acetylenes is 1. The van der Waals surface area contributed by atoms with Gasteiger partial charge in [-0.2, -0.15) is 0 Å². The SMILES string of the molecule is C#CC1CCC(C)CC1.COC1CCC(C(=O)OC2CCC(C)CC2)CC1. The van der Waals surface area contributed by atoms with Crippen LogP contribution in [0.15, 0.2) is 0 Å². The Morgan fingerprint density at radius 1 is 0.778 bits per heavy atom. The lowest BCUT2D eigenvalue weighted by Crippen LogP contribution is -2.31. The molecule has 0 bridgehead atoms. The lowest BCUT2D eigenvalue weighted by Gasteiger charge is -2.30. The van der Waals surface area contributed by atoms with E-state index in [-0.39, 0.29) is 18.0 Å². The number of rotatable bonds is 3. The fraction of sp³-hybridized carbons (Fsp3) is 0.875. The highest BCUT2D eigenvalue weighted by atomic mass is 16.5.